The van der Waals surface area contributed by atoms with Gasteiger partial charge in [-0.3, -0.25) is 0 Å². The number of nitrogens with one attached hydrogen (secondary N) is 1. The van der Waals surface area contributed by atoms with Gasteiger partial charge in [-0.1, -0.05) is 31.4 Å². The molecule has 2 atom stereocenters. The first kappa shape index (κ1) is 20.2. The molecule has 2 unspecified atom stereocenters. The highest BCUT2D eigenvalue weighted by atomic mass is 35.5. The van der Waals surface area contributed by atoms with Gasteiger partial charge in [0.25, 0.3) is 0 Å². The van der Waals surface area contributed by atoms with Crippen LogP contribution in [0.5, 0.6) is 0 Å². The Morgan fingerprint density at radius 2 is 2.17 bits per heavy atom. The van der Waals surface area contributed by atoms with E-state index >= 15 is 0 Å². The van der Waals surface area contributed by atoms with Crippen molar-refractivity contribution in [3.05, 3.63) is 28.8 Å². The lowest BCUT2D eigenvalue weighted by Crippen LogP contribution is -2.58. The molecule has 1 saturated carbocycles. The van der Waals surface area contributed by atoms with Gasteiger partial charge in [-0.25, -0.2) is 13.1 Å². The molecule has 3 N–H and O–H groups in total. The van der Waals surface area contributed by atoms with Crippen molar-refractivity contribution in [1.82, 2.24) is 4.72 Å². The molecule has 0 radical (unpaired) electrons. The minimum absolute atomic E-state index is 0. The van der Waals surface area contributed by atoms with Crippen LogP contribution in [0.25, 0.3) is 0 Å². The van der Waals surface area contributed by atoms with Crippen LogP contribution in [0.3, 0.4) is 0 Å². The normalized spacial score (nSPS) is 24.5. The number of nitriles is 1. The standard InChI is InChI=1S/C15H20ClN3O2S.ClH/c1-11-4-2-3-7-15(11,10-18)19-22(20,21)13-5-6-14(16)12(8-13)9-17;/h5-6,8,11,19H,2-4,7,10,18H2,1H3;1H. The van der Waals surface area contributed by atoms with Crippen LogP contribution in [-0.2, 0) is 10.0 Å². The fourth-order valence-corrected chi connectivity index (χ4v) is 4.71. The quantitative estimate of drug-likeness (QED) is 0.842. The third-order valence-electron chi connectivity index (χ3n) is 4.52. The van der Waals surface area contributed by atoms with Crippen LogP contribution < -0.4 is 10.5 Å². The Hall–Kier alpha value is -0.840. The average Bonchev–Trinajstić information content (AvgIpc) is 2.49. The topological polar surface area (TPSA) is 96.0 Å². The summed E-state index contributed by atoms with van der Waals surface area (Å²) in [6.07, 6.45) is 3.71. The highest BCUT2D eigenvalue weighted by Crippen LogP contribution is 2.34. The molecule has 1 aromatic carbocycles. The third kappa shape index (κ3) is 4.17. The monoisotopic (exact) mass is 377 g/mol. The van der Waals surface area contributed by atoms with Gasteiger partial charge in [0, 0.05) is 12.1 Å². The molecule has 1 aliphatic carbocycles. The summed E-state index contributed by atoms with van der Waals surface area (Å²) in [5.74, 6) is 0.170. The smallest absolute Gasteiger partial charge is 0.241 e. The van der Waals surface area contributed by atoms with Crippen LogP contribution in [0.1, 0.15) is 38.2 Å². The van der Waals surface area contributed by atoms with Crippen molar-refractivity contribution in [3.63, 3.8) is 0 Å². The van der Waals surface area contributed by atoms with Gasteiger partial charge in [0.2, 0.25) is 10.0 Å². The first-order chi connectivity index (χ1) is 10.3. The second kappa shape index (κ2) is 7.82. The maximum Gasteiger partial charge on any atom is 0.241 e. The predicted octanol–water partition coefficient (Wildman–Crippen LogP) is 2.82. The Labute approximate surface area is 148 Å². The van der Waals surface area contributed by atoms with E-state index in [1.165, 1.54) is 18.2 Å². The van der Waals surface area contributed by atoms with Crippen LogP contribution in [0.15, 0.2) is 23.1 Å². The van der Waals surface area contributed by atoms with Gasteiger partial charge in [-0.15, -0.1) is 12.4 Å². The largest absolute Gasteiger partial charge is 0.329 e. The Bertz CT molecular complexity index is 703. The Kier molecular flexibility index (Phi) is 6.87. The lowest BCUT2D eigenvalue weighted by molar-refractivity contribution is 0.191. The zero-order valence-electron chi connectivity index (χ0n) is 12.9. The average molecular weight is 378 g/mol. The molecule has 0 saturated heterocycles. The van der Waals surface area contributed by atoms with Crippen molar-refractivity contribution in [2.45, 2.75) is 43.0 Å². The SMILES string of the molecule is CC1CCCCC1(CN)NS(=O)(=O)c1ccc(Cl)c(C#N)c1.Cl. The number of halogens is 2. The number of rotatable bonds is 4. The second-order valence-corrected chi connectivity index (χ2v) is 7.96. The van der Waals surface area contributed by atoms with E-state index in [0.29, 0.717) is 0 Å². The fraction of sp³-hybridized carbons (Fsp3) is 0.533. The summed E-state index contributed by atoms with van der Waals surface area (Å²) in [5, 5.41) is 9.24. The van der Waals surface area contributed by atoms with Crippen LogP contribution in [0.2, 0.25) is 5.02 Å². The molecular formula is C15H21Cl2N3O2S. The van der Waals surface area contributed by atoms with Crippen LogP contribution >= 0.6 is 24.0 Å². The van der Waals surface area contributed by atoms with Gasteiger partial charge in [0.1, 0.15) is 6.07 Å². The Balaban J connectivity index is 0.00000264. The number of nitrogens with two attached hydrogens (primary N) is 1. The lowest BCUT2D eigenvalue weighted by atomic mass is 9.74. The van der Waals surface area contributed by atoms with E-state index < -0.39 is 15.6 Å². The minimum atomic E-state index is -3.75. The minimum Gasteiger partial charge on any atom is -0.329 e. The molecule has 0 aliphatic heterocycles. The highest BCUT2D eigenvalue weighted by molar-refractivity contribution is 7.89. The molecule has 0 aromatic heterocycles. The van der Waals surface area contributed by atoms with Crippen LogP contribution in [-0.4, -0.2) is 20.5 Å². The number of hydrogen-bond acceptors (Lipinski definition) is 4. The van der Waals surface area contributed by atoms with Crippen molar-refractivity contribution in [3.8, 4) is 6.07 Å². The van der Waals surface area contributed by atoms with Crippen molar-refractivity contribution in [1.29, 1.82) is 5.26 Å². The predicted molar refractivity (Wildman–Crippen MR) is 93.2 cm³/mol. The summed E-state index contributed by atoms with van der Waals surface area (Å²) in [4.78, 5) is 0.0408. The molecule has 0 spiro atoms. The van der Waals surface area contributed by atoms with Gasteiger partial charge in [-0.05, 0) is 37.0 Å². The van der Waals surface area contributed by atoms with E-state index in [4.69, 9.17) is 22.6 Å². The zero-order chi connectivity index (χ0) is 16.4. The first-order valence-corrected chi connectivity index (χ1v) is 9.14. The first-order valence-electron chi connectivity index (χ1n) is 7.28. The van der Waals surface area contributed by atoms with E-state index in [1.54, 1.807) is 0 Å². The van der Waals surface area contributed by atoms with Gasteiger partial charge < -0.3 is 5.73 Å². The molecule has 1 aromatic rings. The second-order valence-electron chi connectivity index (χ2n) is 5.87. The maximum absolute atomic E-state index is 12.7. The number of benzene rings is 1. The molecule has 1 fully saturated rings. The third-order valence-corrected chi connectivity index (χ3v) is 6.40. The summed E-state index contributed by atoms with van der Waals surface area (Å²) in [7, 11) is -3.75. The van der Waals surface area contributed by atoms with E-state index in [9.17, 15) is 8.42 Å². The molecule has 0 bridgehead atoms. The zero-order valence-corrected chi connectivity index (χ0v) is 15.3. The maximum atomic E-state index is 12.7. The van der Waals surface area contributed by atoms with Crippen molar-refractivity contribution < 1.29 is 8.42 Å². The lowest BCUT2D eigenvalue weighted by Gasteiger charge is -2.42. The highest BCUT2D eigenvalue weighted by Gasteiger charge is 2.40. The Morgan fingerprint density at radius 1 is 1.48 bits per heavy atom. The molecule has 0 heterocycles. The van der Waals surface area contributed by atoms with Crippen molar-refractivity contribution in [2.75, 3.05) is 6.54 Å². The van der Waals surface area contributed by atoms with Gasteiger partial charge in [-0.2, -0.15) is 5.26 Å². The molecule has 128 valence electrons. The van der Waals surface area contributed by atoms with E-state index in [-0.39, 0.29) is 40.4 Å². The molecule has 23 heavy (non-hydrogen) atoms. The molecule has 1 aliphatic rings. The summed E-state index contributed by atoms with van der Waals surface area (Å²) in [6.45, 7) is 2.28. The molecule has 8 heteroatoms. The van der Waals surface area contributed by atoms with Crippen LogP contribution in [0, 0.1) is 17.2 Å². The van der Waals surface area contributed by atoms with E-state index in [2.05, 4.69) is 4.72 Å². The number of nitrogens with zero attached hydrogens (tertiary/aromatic N) is 1. The molecule has 5 nitrogen and oxygen atoms in total. The number of hydrogen-bond donors (Lipinski definition) is 2. The van der Waals surface area contributed by atoms with Crippen molar-refractivity contribution in [2.24, 2.45) is 11.7 Å². The molecule has 0 amide bonds. The Morgan fingerprint density at radius 3 is 2.74 bits per heavy atom. The fourth-order valence-electron chi connectivity index (χ4n) is 2.99. The number of sulfonamides is 1. The van der Waals surface area contributed by atoms with Crippen molar-refractivity contribution >= 4 is 34.0 Å². The summed E-state index contributed by atoms with van der Waals surface area (Å²) < 4.78 is 28.1. The summed E-state index contributed by atoms with van der Waals surface area (Å²) >= 11 is 5.86. The summed E-state index contributed by atoms with van der Waals surface area (Å²) in [5.41, 5.74) is 5.41. The van der Waals surface area contributed by atoms with E-state index in [0.717, 1.165) is 25.7 Å². The van der Waals surface area contributed by atoms with Gasteiger partial charge in [0.05, 0.1) is 15.5 Å². The van der Waals surface area contributed by atoms with Crippen LogP contribution in [0.4, 0.5) is 0 Å². The molecule has 2 rings (SSSR count). The molecular weight excluding hydrogens is 357 g/mol. The van der Waals surface area contributed by atoms with E-state index in [1.807, 2.05) is 13.0 Å². The van der Waals surface area contributed by atoms with Gasteiger partial charge in [0.15, 0.2) is 0 Å². The summed E-state index contributed by atoms with van der Waals surface area (Å²) in [6, 6.07) is 6.02. The van der Waals surface area contributed by atoms with Gasteiger partial charge >= 0.3 is 0 Å².